The van der Waals surface area contributed by atoms with Crippen molar-refractivity contribution < 1.29 is 19.0 Å². The summed E-state index contributed by atoms with van der Waals surface area (Å²) in [5, 5.41) is 1.10. The van der Waals surface area contributed by atoms with Crippen molar-refractivity contribution in [2.45, 2.75) is 13.5 Å². The van der Waals surface area contributed by atoms with Gasteiger partial charge >= 0.3 is 5.97 Å². The Morgan fingerprint density at radius 1 is 1.04 bits per heavy atom. The van der Waals surface area contributed by atoms with Gasteiger partial charge in [-0.3, -0.25) is 0 Å². The van der Waals surface area contributed by atoms with E-state index in [0.29, 0.717) is 33.7 Å². The van der Waals surface area contributed by atoms with Crippen LogP contribution in [0.15, 0.2) is 36.4 Å². The van der Waals surface area contributed by atoms with Gasteiger partial charge in [0.2, 0.25) is 0 Å². The summed E-state index contributed by atoms with van der Waals surface area (Å²) in [5.74, 6) is 0.559. The van der Waals surface area contributed by atoms with Crippen molar-refractivity contribution >= 4 is 29.2 Å². The van der Waals surface area contributed by atoms with Crippen LogP contribution in [0.5, 0.6) is 11.5 Å². The highest BCUT2D eigenvalue weighted by Gasteiger charge is 2.12. The molecular weight excluding hydrogens is 339 g/mol. The van der Waals surface area contributed by atoms with Crippen molar-refractivity contribution in [1.29, 1.82) is 0 Å². The third-order valence-corrected chi connectivity index (χ3v) is 3.65. The highest BCUT2D eigenvalue weighted by molar-refractivity contribution is 6.35. The molecule has 2 aromatic carbocycles. The first-order valence-corrected chi connectivity index (χ1v) is 7.72. The zero-order valence-corrected chi connectivity index (χ0v) is 14.3. The number of benzene rings is 2. The molecule has 0 radical (unpaired) electrons. The Balaban J connectivity index is 2.19. The van der Waals surface area contributed by atoms with Crippen LogP contribution < -0.4 is 9.47 Å². The second kappa shape index (κ2) is 8.09. The number of ether oxygens (including phenoxy) is 3. The Bertz CT molecular complexity index is 701. The third-order valence-electron chi connectivity index (χ3n) is 3.06. The van der Waals surface area contributed by atoms with Crippen LogP contribution in [0, 0.1) is 0 Å². The molecule has 0 heterocycles. The van der Waals surface area contributed by atoms with E-state index in [9.17, 15) is 4.79 Å². The van der Waals surface area contributed by atoms with Crippen LogP contribution >= 0.6 is 23.2 Å². The number of halogens is 2. The normalized spacial score (nSPS) is 10.3. The van der Waals surface area contributed by atoms with Gasteiger partial charge in [0.15, 0.2) is 11.5 Å². The average Bonchev–Trinajstić information content (AvgIpc) is 2.54. The van der Waals surface area contributed by atoms with Crippen LogP contribution in [-0.2, 0) is 11.3 Å². The summed E-state index contributed by atoms with van der Waals surface area (Å²) in [5.41, 5.74) is 1.20. The van der Waals surface area contributed by atoms with Gasteiger partial charge in [0.25, 0.3) is 0 Å². The fourth-order valence-electron chi connectivity index (χ4n) is 1.93. The van der Waals surface area contributed by atoms with Crippen molar-refractivity contribution in [3.8, 4) is 11.5 Å². The van der Waals surface area contributed by atoms with Gasteiger partial charge < -0.3 is 14.2 Å². The summed E-state index contributed by atoms with van der Waals surface area (Å²) in [6, 6.07) is 10.1. The van der Waals surface area contributed by atoms with E-state index >= 15 is 0 Å². The Morgan fingerprint density at radius 2 is 1.83 bits per heavy atom. The molecule has 0 N–H and O–H groups in total. The lowest BCUT2D eigenvalue weighted by molar-refractivity contribution is 0.0600. The van der Waals surface area contributed by atoms with Gasteiger partial charge in [-0.25, -0.2) is 4.79 Å². The first-order valence-electron chi connectivity index (χ1n) is 6.97. The van der Waals surface area contributed by atoms with E-state index in [2.05, 4.69) is 0 Å². The minimum Gasteiger partial charge on any atom is -0.490 e. The molecule has 4 nitrogen and oxygen atoms in total. The molecule has 122 valence electrons. The molecule has 0 aliphatic carbocycles. The first-order chi connectivity index (χ1) is 11.0. The highest BCUT2D eigenvalue weighted by atomic mass is 35.5. The lowest BCUT2D eigenvalue weighted by atomic mass is 10.2. The second-order valence-corrected chi connectivity index (χ2v) is 5.45. The maximum atomic E-state index is 11.6. The third kappa shape index (κ3) is 4.53. The number of esters is 1. The molecule has 0 atom stereocenters. The quantitative estimate of drug-likeness (QED) is 0.701. The van der Waals surface area contributed by atoms with Gasteiger partial charge in [-0.2, -0.15) is 0 Å². The Labute approximate surface area is 144 Å². The summed E-state index contributed by atoms with van der Waals surface area (Å²) >= 11 is 12.0. The molecule has 2 aromatic rings. The van der Waals surface area contributed by atoms with E-state index in [1.165, 1.54) is 7.11 Å². The molecule has 23 heavy (non-hydrogen) atoms. The molecular formula is C17H16Cl2O4. The molecule has 0 saturated heterocycles. The van der Waals surface area contributed by atoms with E-state index in [-0.39, 0.29) is 6.61 Å². The van der Waals surface area contributed by atoms with Crippen molar-refractivity contribution in [1.82, 2.24) is 0 Å². The predicted octanol–water partition coefficient (Wildman–Crippen LogP) is 4.76. The lowest BCUT2D eigenvalue weighted by Gasteiger charge is -2.13. The molecule has 0 aliphatic rings. The van der Waals surface area contributed by atoms with Gasteiger partial charge in [0.05, 0.1) is 19.3 Å². The van der Waals surface area contributed by atoms with Gasteiger partial charge in [0, 0.05) is 15.6 Å². The van der Waals surface area contributed by atoms with E-state index in [1.807, 2.05) is 6.92 Å². The van der Waals surface area contributed by atoms with E-state index in [4.69, 9.17) is 37.4 Å². The zero-order valence-electron chi connectivity index (χ0n) is 12.8. The fourth-order valence-corrected chi connectivity index (χ4v) is 2.40. The number of methoxy groups -OCH3 is 1. The molecule has 0 amide bonds. The topological polar surface area (TPSA) is 44.8 Å². The molecule has 0 fully saturated rings. The standard InChI is InChI=1S/C17H16Cl2O4/c1-3-22-16-8-11(17(20)21-2)5-7-15(16)23-10-12-4-6-13(18)9-14(12)19/h4-9H,3,10H2,1-2H3. The number of carbonyl (C=O) groups excluding carboxylic acids is 1. The molecule has 2 rings (SSSR count). The summed E-state index contributed by atoms with van der Waals surface area (Å²) in [4.78, 5) is 11.6. The van der Waals surface area contributed by atoms with E-state index < -0.39 is 5.97 Å². The van der Waals surface area contributed by atoms with Crippen molar-refractivity contribution in [3.63, 3.8) is 0 Å². The molecule has 6 heteroatoms. The number of hydrogen-bond donors (Lipinski definition) is 0. The predicted molar refractivity (Wildman–Crippen MR) is 89.7 cm³/mol. The van der Waals surface area contributed by atoms with Crippen molar-refractivity contribution in [2.75, 3.05) is 13.7 Å². The van der Waals surface area contributed by atoms with Crippen LogP contribution in [0.1, 0.15) is 22.8 Å². The number of hydrogen-bond acceptors (Lipinski definition) is 4. The second-order valence-electron chi connectivity index (χ2n) is 4.61. The molecule has 0 saturated carbocycles. The van der Waals surface area contributed by atoms with Crippen LogP contribution in [0.4, 0.5) is 0 Å². The summed E-state index contributed by atoms with van der Waals surface area (Å²) < 4.78 is 16.0. The maximum Gasteiger partial charge on any atom is 0.337 e. The molecule has 0 spiro atoms. The molecule has 0 aromatic heterocycles. The largest absolute Gasteiger partial charge is 0.490 e. The smallest absolute Gasteiger partial charge is 0.337 e. The minimum absolute atomic E-state index is 0.258. The van der Waals surface area contributed by atoms with Gasteiger partial charge in [-0.1, -0.05) is 29.3 Å². The fraction of sp³-hybridized carbons (Fsp3) is 0.235. The Morgan fingerprint density at radius 3 is 2.48 bits per heavy atom. The maximum absolute atomic E-state index is 11.6. The van der Waals surface area contributed by atoms with Crippen LogP contribution in [0.3, 0.4) is 0 Å². The van der Waals surface area contributed by atoms with Gasteiger partial charge in [0.1, 0.15) is 6.61 Å². The van der Waals surface area contributed by atoms with Gasteiger partial charge in [-0.15, -0.1) is 0 Å². The number of rotatable bonds is 6. The molecule has 0 bridgehead atoms. The molecule has 0 unspecified atom stereocenters. The van der Waals surface area contributed by atoms with E-state index in [0.717, 1.165) is 5.56 Å². The lowest BCUT2D eigenvalue weighted by Crippen LogP contribution is -2.04. The average molecular weight is 355 g/mol. The first kappa shape index (κ1) is 17.4. The SMILES string of the molecule is CCOc1cc(C(=O)OC)ccc1OCc1ccc(Cl)cc1Cl. The Hall–Kier alpha value is -1.91. The van der Waals surface area contributed by atoms with E-state index in [1.54, 1.807) is 36.4 Å². The summed E-state index contributed by atoms with van der Waals surface area (Å²) in [6.07, 6.45) is 0. The van der Waals surface area contributed by atoms with Crippen molar-refractivity contribution in [3.05, 3.63) is 57.6 Å². The summed E-state index contributed by atoms with van der Waals surface area (Å²) in [6.45, 7) is 2.56. The zero-order chi connectivity index (χ0) is 16.8. The highest BCUT2D eigenvalue weighted by Crippen LogP contribution is 2.30. The van der Waals surface area contributed by atoms with Crippen molar-refractivity contribution in [2.24, 2.45) is 0 Å². The van der Waals surface area contributed by atoms with Crippen LogP contribution in [0.25, 0.3) is 0 Å². The molecule has 0 aliphatic heterocycles. The van der Waals surface area contributed by atoms with Crippen LogP contribution in [0.2, 0.25) is 10.0 Å². The van der Waals surface area contributed by atoms with Crippen LogP contribution in [-0.4, -0.2) is 19.7 Å². The Kier molecular flexibility index (Phi) is 6.13. The van der Waals surface area contributed by atoms with Gasteiger partial charge in [-0.05, 0) is 37.3 Å². The monoisotopic (exact) mass is 354 g/mol. The summed E-state index contributed by atoms with van der Waals surface area (Å²) in [7, 11) is 1.33. The minimum atomic E-state index is -0.432. The number of carbonyl (C=O) groups is 1.